The van der Waals surface area contributed by atoms with Crippen LogP contribution in [0.2, 0.25) is 0 Å². The zero-order chi connectivity index (χ0) is 14.9. The van der Waals surface area contributed by atoms with Crippen molar-refractivity contribution in [3.8, 4) is 6.07 Å². The van der Waals surface area contributed by atoms with Crippen molar-refractivity contribution < 1.29 is 4.79 Å². The molecule has 1 heterocycles. The Kier molecular flexibility index (Phi) is 5.79. The van der Waals surface area contributed by atoms with Gasteiger partial charge in [-0.3, -0.25) is 9.36 Å². The number of nitrogens with zero attached hydrogens (tertiary/aromatic N) is 4. The maximum absolute atomic E-state index is 11.7. The molecule has 0 atom stereocenters. The largest absolute Gasteiger partial charge is 0.355 e. The Morgan fingerprint density at radius 1 is 1.38 bits per heavy atom. The average molecular weight is 301 g/mol. The summed E-state index contributed by atoms with van der Waals surface area (Å²) in [5.41, 5.74) is 0. The number of aromatic nitrogens is 3. The molecular formula is C14H15N5OS. The summed E-state index contributed by atoms with van der Waals surface area (Å²) in [7, 11) is 0. The first kappa shape index (κ1) is 15.1. The Morgan fingerprint density at radius 2 is 2.19 bits per heavy atom. The van der Waals surface area contributed by atoms with Crippen molar-refractivity contribution in [3.05, 3.63) is 42.5 Å². The van der Waals surface area contributed by atoms with Gasteiger partial charge in [0.25, 0.3) is 0 Å². The van der Waals surface area contributed by atoms with Crippen LogP contribution in [0.5, 0.6) is 0 Å². The molecule has 0 saturated carbocycles. The molecule has 0 radical (unpaired) electrons. The zero-order valence-electron chi connectivity index (χ0n) is 11.4. The molecule has 7 heteroatoms. The molecule has 108 valence electrons. The molecule has 0 aliphatic carbocycles. The van der Waals surface area contributed by atoms with Gasteiger partial charge in [-0.15, -0.1) is 22.0 Å². The third-order valence-electron chi connectivity index (χ3n) is 2.68. The minimum atomic E-state index is -0.143. The predicted molar refractivity (Wildman–Crippen MR) is 79.5 cm³/mol. The molecule has 1 N–H and O–H groups in total. The lowest BCUT2D eigenvalue weighted by Crippen LogP contribution is -2.28. The van der Waals surface area contributed by atoms with Gasteiger partial charge in [-0.1, -0.05) is 18.2 Å². The van der Waals surface area contributed by atoms with Crippen LogP contribution in [0.3, 0.4) is 0 Å². The Balaban J connectivity index is 1.63. The molecule has 0 aliphatic heterocycles. The number of nitriles is 1. The van der Waals surface area contributed by atoms with Gasteiger partial charge in [0, 0.05) is 11.4 Å². The van der Waals surface area contributed by atoms with Gasteiger partial charge in [-0.25, -0.2) is 0 Å². The summed E-state index contributed by atoms with van der Waals surface area (Å²) in [6, 6.07) is 12.0. The van der Waals surface area contributed by atoms with Crippen LogP contribution in [0.4, 0.5) is 0 Å². The highest BCUT2D eigenvalue weighted by Gasteiger charge is 2.07. The average Bonchev–Trinajstić information content (AvgIpc) is 2.95. The third-order valence-corrected chi connectivity index (χ3v) is 3.78. The maximum atomic E-state index is 11.7. The number of hydrogen-bond acceptors (Lipinski definition) is 5. The monoisotopic (exact) mass is 301 g/mol. The lowest BCUT2D eigenvalue weighted by atomic mass is 10.4. The van der Waals surface area contributed by atoms with E-state index in [0.29, 0.717) is 6.54 Å². The molecule has 0 bridgehead atoms. The summed E-state index contributed by atoms with van der Waals surface area (Å²) < 4.78 is 1.42. The van der Waals surface area contributed by atoms with Crippen LogP contribution in [0.15, 0.2) is 41.6 Å². The van der Waals surface area contributed by atoms with E-state index in [9.17, 15) is 4.79 Å². The zero-order valence-corrected chi connectivity index (χ0v) is 12.2. The topological polar surface area (TPSA) is 83.6 Å². The number of hydrogen-bond donors (Lipinski definition) is 1. The van der Waals surface area contributed by atoms with Crippen molar-refractivity contribution in [1.29, 1.82) is 5.26 Å². The molecule has 1 aromatic heterocycles. The fourth-order valence-electron chi connectivity index (χ4n) is 1.67. The van der Waals surface area contributed by atoms with Crippen LogP contribution in [0.25, 0.3) is 0 Å². The number of amides is 1. The van der Waals surface area contributed by atoms with E-state index in [1.165, 1.54) is 15.8 Å². The lowest BCUT2D eigenvalue weighted by molar-refractivity contribution is -0.121. The molecule has 21 heavy (non-hydrogen) atoms. The SMILES string of the molecule is N#Cc1nncn1CC(=O)NCCCSc1ccccc1. The minimum Gasteiger partial charge on any atom is -0.355 e. The van der Waals surface area contributed by atoms with Crippen molar-refractivity contribution >= 4 is 17.7 Å². The van der Waals surface area contributed by atoms with Crippen molar-refractivity contribution in [1.82, 2.24) is 20.1 Å². The van der Waals surface area contributed by atoms with Gasteiger partial charge < -0.3 is 5.32 Å². The Morgan fingerprint density at radius 3 is 2.95 bits per heavy atom. The summed E-state index contributed by atoms with van der Waals surface area (Å²) in [6.07, 6.45) is 2.27. The Bertz CT molecular complexity index is 620. The molecule has 2 aromatic rings. The van der Waals surface area contributed by atoms with Gasteiger partial charge in [0.15, 0.2) is 0 Å². The summed E-state index contributed by atoms with van der Waals surface area (Å²) in [5.74, 6) is 0.946. The van der Waals surface area contributed by atoms with Crippen molar-refractivity contribution in [3.63, 3.8) is 0 Å². The van der Waals surface area contributed by atoms with E-state index < -0.39 is 0 Å². The maximum Gasteiger partial charge on any atom is 0.240 e. The van der Waals surface area contributed by atoms with E-state index in [-0.39, 0.29) is 18.3 Å². The molecule has 2 rings (SSSR count). The molecule has 1 aromatic carbocycles. The normalized spacial score (nSPS) is 10.0. The van der Waals surface area contributed by atoms with Crippen LogP contribution >= 0.6 is 11.8 Å². The Labute approximate surface area is 127 Å². The standard InChI is InChI=1S/C14H15N5OS/c15-9-13-18-17-11-19(13)10-14(20)16-7-4-8-21-12-5-2-1-3-6-12/h1-3,5-6,11H,4,7-8,10H2,(H,16,20). The second-order valence-corrected chi connectivity index (χ2v) is 5.43. The van der Waals surface area contributed by atoms with Crippen LogP contribution in [0, 0.1) is 11.3 Å². The van der Waals surface area contributed by atoms with Crippen molar-refractivity contribution in [2.45, 2.75) is 17.9 Å². The molecule has 0 unspecified atom stereocenters. The molecule has 1 amide bonds. The molecule has 6 nitrogen and oxygen atoms in total. The fraction of sp³-hybridized carbons (Fsp3) is 0.286. The van der Waals surface area contributed by atoms with Gasteiger partial charge in [0.1, 0.15) is 18.9 Å². The van der Waals surface area contributed by atoms with Crippen LogP contribution in [-0.2, 0) is 11.3 Å². The van der Waals surface area contributed by atoms with Gasteiger partial charge in [-0.2, -0.15) is 5.26 Å². The predicted octanol–water partition coefficient (Wildman–Crippen LogP) is 1.45. The molecule has 0 spiro atoms. The Hall–Kier alpha value is -2.33. The van der Waals surface area contributed by atoms with Crippen molar-refractivity contribution in [2.24, 2.45) is 0 Å². The summed E-state index contributed by atoms with van der Waals surface area (Å²) in [6.45, 7) is 0.685. The number of rotatable bonds is 7. The second-order valence-electron chi connectivity index (χ2n) is 4.26. The number of carbonyl (C=O) groups excluding carboxylic acids is 1. The van der Waals surface area contributed by atoms with E-state index in [0.717, 1.165) is 12.2 Å². The van der Waals surface area contributed by atoms with E-state index >= 15 is 0 Å². The summed E-state index contributed by atoms with van der Waals surface area (Å²) in [4.78, 5) is 12.9. The van der Waals surface area contributed by atoms with Crippen LogP contribution < -0.4 is 5.32 Å². The van der Waals surface area contributed by atoms with Gasteiger partial charge in [0.2, 0.25) is 11.7 Å². The number of nitrogens with one attached hydrogen (secondary N) is 1. The van der Waals surface area contributed by atoms with E-state index in [4.69, 9.17) is 5.26 Å². The third kappa shape index (κ3) is 4.93. The molecular weight excluding hydrogens is 286 g/mol. The fourth-order valence-corrected chi connectivity index (χ4v) is 2.55. The van der Waals surface area contributed by atoms with Crippen molar-refractivity contribution in [2.75, 3.05) is 12.3 Å². The second kappa shape index (κ2) is 8.07. The van der Waals surface area contributed by atoms with Gasteiger partial charge in [0.05, 0.1) is 0 Å². The smallest absolute Gasteiger partial charge is 0.240 e. The highest BCUT2D eigenvalue weighted by atomic mass is 32.2. The number of carbonyl (C=O) groups is 1. The first-order chi connectivity index (χ1) is 10.3. The molecule has 0 saturated heterocycles. The quantitative estimate of drug-likeness (QED) is 0.618. The molecule has 0 fully saturated rings. The summed E-state index contributed by atoms with van der Waals surface area (Å²) in [5, 5.41) is 18.8. The first-order valence-corrected chi connectivity index (χ1v) is 7.50. The molecule has 0 aliphatic rings. The minimum absolute atomic E-state index is 0.0712. The van der Waals surface area contributed by atoms with E-state index in [2.05, 4.69) is 27.6 Å². The van der Waals surface area contributed by atoms with Gasteiger partial charge in [-0.05, 0) is 24.3 Å². The first-order valence-electron chi connectivity index (χ1n) is 6.52. The highest BCUT2D eigenvalue weighted by Crippen LogP contribution is 2.17. The van der Waals surface area contributed by atoms with Crippen LogP contribution in [0.1, 0.15) is 12.2 Å². The van der Waals surface area contributed by atoms with E-state index in [1.54, 1.807) is 11.8 Å². The summed E-state index contributed by atoms with van der Waals surface area (Å²) >= 11 is 1.76. The number of benzene rings is 1. The van der Waals surface area contributed by atoms with Gasteiger partial charge >= 0.3 is 0 Å². The van der Waals surface area contributed by atoms with Crippen LogP contribution in [-0.4, -0.2) is 33.0 Å². The highest BCUT2D eigenvalue weighted by molar-refractivity contribution is 7.99. The van der Waals surface area contributed by atoms with E-state index in [1.807, 2.05) is 24.3 Å². The lowest BCUT2D eigenvalue weighted by Gasteiger charge is -2.06. The number of thioether (sulfide) groups is 1.